The molecule has 1 fully saturated rings. The Morgan fingerprint density at radius 1 is 1.16 bits per heavy atom. The second-order valence-corrected chi connectivity index (χ2v) is 7.51. The molecule has 0 heterocycles. The molecule has 3 rings (SSSR count). The summed E-state index contributed by atoms with van der Waals surface area (Å²) in [6.07, 6.45) is 3.14. The van der Waals surface area contributed by atoms with Gasteiger partial charge in [-0.05, 0) is 61.2 Å². The highest BCUT2D eigenvalue weighted by Gasteiger charge is 2.26. The van der Waals surface area contributed by atoms with Gasteiger partial charge in [-0.3, -0.25) is 14.4 Å². The summed E-state index contributed by atoms with van der Waals surface area (Å²) in [5, 5.41) is 9.65. The maximum absolute atomic E-state index is 12.2. The molecule has 1 aliphatic rings. The van der Waals surface area contributed by atoms with Crippen molar-refractivity contribution in [2.75, 3.05) is 19.0 Å². The Labute approximate surface area is 190 Å². The van der Waals surface area contributed by atoms with E-state index in [0.29, 0.717) is 27.8 Å². The van der Waals surface area contributed by atoms with Crippen LogP contribution in [0.15, 0.2) is 41.5 Å². The van der Waals surface area contributed by atoms with Crippen LogP contribution in [0.1, 0.15) is 24.0 Å². The summed E-state index contributed by atoms with van der Waals surface area (Å²) < 4.78 is 10.9. The summed E-state index contributed by atoms with van der Waals surface area (Å²) in [4.78, 5) is 35.5. The first-order valence-electron chi connectivity index (χ1n) is 9.87. The van der Waals surface area contributed by atoms with E-state index in [1.54, 1.807) is 36.4 Å². The fourth-order valence-electron chi connectivity index (χ4n) is 2.65. The number of nitrogens with one attached hydrogen (secondary N) is 3. The van der Waals surface area contributed by atoms with E-state index in [0.717, 1.165) is 18.4 Å². The zero-order valence-corrected chi connectivity index (χ0v) is 18.4. The number of rotatable bonds is 8. The van der Waals surface area contributed by atoms with Crippen molar-refractivity contribution >= 4 is 41.2 Å². The Morgan fingerprint density at radius 2 is 1.94 bits per heavy atom. The van der Waals surface area contributed by atoms with Crippen LogP contribution in [-0.4, -0.2) is 43.7 Å². The van der Waals surface area contributed by atoms with Crippen LogP contribution in [0.5, 0.6) is 11.5 Å². The summed E-state index contributed by atoms with van der Waals surface area (Å²) >= 11 is 6.06. The standard InChI is InChI=1S/C22H23ClN4O5/c1-13-16(23)4-3-5-17(13)26-20(28)12-32-18-9-6-14(10-19(18)31-2)11-24-27-22(30)21(29)25-15-7-8-15/h3-6,9-11,15H,7-8,12H2,1-2H3,(H,25,29)(H,26,28)(H,27,30)/b24-11-. The Bertz CT molecular complexity index is 1050. The van der Waals surface area contributed by atoms with E-state index in [2.05, 4.69) is 21.2 Å². The minimum absolute atomic E-state index is 0.0885. The van der Waals surface area contributed by atoms with Gasteiger partial charge in [0.05, 0.1) is 13.3 Å². The molecule has 3 amide bonds. The number of carbonyl (C=O) groups excluding carboxylic acids is 3. The minimum atomic E-state index is -0.832. The van der Waals surface area contributed by atoms with E-state index in [9.17, 15) is 14.4 Å². The van der Waals surface area contributed by atoms with Gasteiger partial charge in [-0.2, -0.15) is 5.10 Å². The number of nitrogens with zero attached hydrogens (tertiary/aromatic N) is 1. The molecule has 0 aromatic heterocycles. The molecule has 0 atom stereocenters. The lowest BCUT2D eigenvalue weighted by Crippen LogP contribution is -2.38. The number of ether oxygens (including phenoxy) is 2. The second-order valence-electron chi connectivity index (χ2n) is 7.11. The number of hydrogen-bond donors (Lipinski definition) is 3. The Kier molecular flexibility index (Phi) is 7.67. The van der Waals surface area contributed by atoms with Crippen LogP contribution < -0.4 is 25.5 Å². The zero-order valence-electron chi connectivity index (χ0n) is 17.6. The minimum Gasteiger partial charge on any atom is -0.493 e. The summed E-state index contributed by atoms with van der Waals surface area (Å²) in [6, 6.07) is 10.2. The van der Waals surface area contributed by atoms with E-state index in [1.165, 1.54) is 13.3 Å². The number of carbonyl (C=O) groups is 3. The average molecular weight is 459 g/mol. The molecular weight excluding hydrogens is 436 g/mol. The maximum atomic E-state index is 12.2. The van der Waals surface area contributed by atoms with Crippen LogP contribution in [0, 0.1) is 6.92 Å². The largest absolute Gasteiger partial charge is 0.493 e. The molecule has 0 bridgehead atoms. The van der Waals surface area contributed by atoms with Crippen molar-refractivity contribution in [3.05, 3.63) is 52.5 Å². The quantitative estimate of drug-likeness (QED) is 0.319. The van der Waals surface area contributed by atoms with Gasteiger partial charge in [0.2, 0.25) is 0 Å². The van der Waals surface area contributed by atoms with Gasteiger partial charge < -0.3 is 20.1 Å². The predicted octanol–water partition coefficient (Wildman–Crippen LogP) is 2.40. The highest BCUT2D eigenvalue weighted by atomic mass is 35.5. The van der Waals surface area contributed by atoms with Crippen LogP contribution in [0.4, 0.5) is 5.69 Å². The number of hydrogen-bond acceptors (Lipinski definition) is 6. The fourth-order valence-corrected chi connectivity index (χ4v) is 2.83. The van der Waals surface area contributed by atoms with Crippen molar-refractivity contribution in [1.82, 2.24) is 10.7 Å². The van der Waals surface area contributed by atoms with E-state index >= 15 is 0 Å². The van der Waals surface area contributed by atoms with Crippen molar-refractivity contribution in [1.29, 1.82) is 0 Å². The normalized spacial score (nSPS) is 12.8. The molecule has 0 saturated heterocycles. The molecule has 1 saturated carbocycles. The zero-order chi connectivity index (χ0) is 23.1. The van der Waals surface area contributed by atoms with Gasteiger partial charge in [0.25, 0.3) is 5.91 Å². The molecule has 3 N–H and O–H groups in total. The number of halogens is 1. The maximum Gasteiger partial charge on any atom is 0.329 e. The van der Waals surface area contributed by atoms with Crippen molar-refractivity contribution in [3.8, 4) is 11.5 Å². The summed E-state index contributed by atoms with van der Waals surface area (Å²) in [5.41, 5.74) is 4.14. The molecule has 32 heavy (non-hydrogen) atoms. The number of methoxy groups -OCH3 is 1. The van der Waals surface area contributed by atoms with Crippen LogP contribution in [0.25, 0.3) is 0 Å². The van der Waals surface area contributed by atoms with Crippen LogP contribution in [-0.2, 0) is 14.4 Å². The first-order valence-corrected chi connectivity index (χ1v) is 10.2. The smallest absolute Gasteiger partial charge is 0.329 e. The number of anilines is 1. The van der Waals surface area contributed by atoms with Crippen molar-refractivity contribution in [2.45, 2.75) is 25.8 Å². The van der Waals surface area contributed by atoms with E-state index < -0.39 is 11.8 Å². The lowest BCUT2D eigenvalue weighted by atomic mass is 10.2. The monoisotopic (exact) mass is 458 g/mol. The van der Waals surface area contributed by atoms with Gasteiger partial charge in [-0.1, -0.05) is 17.7 Å². The number of hydrazone groups is 1. The molecule has 2 aromatic carbocycles. The highest BCUT2D eigenvalue weighted by molar-refractivity contribution is 6.35. The van der Waals surface area contributed by atoms with Gasteiger partial charge in [0, 0.05) is 16.8 Å². The second kappa shape index (κ2) is 10.6. The summed E-state index contributed by atoms with van der Waals surface area (Å²) in [5.74, 6) is -1.16. The fraction of sp³-hybridized carbons (Fsp3) is 0.273. The topological polar surface area (TPSA) is 118 Å². The lowest BCUT2D eigenvalue weighted by Gasteiger charge is -2.12. The van der Waals surface area contributed by atoms with Gasteiger partial charge in [-0.15, -0.1) is 0 Å². The van der Waals surface area contributed by atoms with E-state index in [-0.39, 0.29) is 18.6 Å². The van der Waals surface area contributed by atoms with Crippen molar-refractivity contribution < 1.29 is 23.9 Å². The Balaban J connectivity index is 1.54. The first-order chi connectivity index (χ1) is 15.4. The van der Waals surface area contributed by atoms with E-state index in [4.69, 9.17) is 21.1 Å². The molecule has 0 unspecified atom stereocenters. The van der Waals surface area contributed by atoms with Gasteiger partial charge >= 0.3 is 11.8 Å². The number of benzene rings is 2. The third-order valence-corrected chi connectivity index (χ3v) is 5.00. The Morgan fingerprint density at radius 3 is 2.66 bits per heavy atom. The number of amides is 3. The molecular formula is C22H23ClN4O5. The molecule has 10 heteroatoms. The molecule has 2 aromatic rings. The molecule has 1 aliphatic carbocycles. The van der Waals surface area contributed by atoms with Crippen LogP contribution in [0.3, 0.4) is 0 Å². The van der Waals surface area contributed by atoms with Gasteiger partial charge in [0.1, 0.15) is 0 Å². The van der Waals surface area contributed by atoms with Crippen molar-refractivity contribution in [3.63, 3.8) is 0 Å². The molecule has 0 radical (unpaired) electrons. The molecule has 0 aliphatic heterocycles. The van der Waals surface area contributed by atoms with Crippen LogP contribution >= 0.6 is 11.6 Å². The molecule has 0 spiro atoms. The van der Waals surface area contributed by atoms with Gasteiger partial charge in [-0.25, -0.2) is 5.43 Å². The first kappa shape index (κ1) is 23.1. The third kappa shape index (κ3) is 6.45. The third-order valence-electron chi connectivity index (χ3n) is 4.59. The van der Waals surface area contributed by atoms with Gasteiger partial charge in [0.15, 0.2) is 18.1 Å². The summed E-state index contributed by atoms with van der Waals surface area (Å²) in [7, 11) is 1.46. The van der Waals surface area contributed by atoms with Crippen molar-refractivity contribution in [2.24, 2.45) is 5.10 Å². The highest BCUT2D eigenvalue weighted by Crippen LogP contribution is 2.28. The SMILES string of the molecule is COc1cc(/C=N\NC(=O)C(=O)NC2CC2)ccc1OCC(=O)Nc1cccc(Cl)c1C. The summed E-state index contributed by atoms with van der Waals surface area (Å²) in [6.45, 7) is 1.58. The molecule has 9 nitrogen and oxygen atoms in total. The Hall–Kier alpha value is -3.59. The lowest BCUT2D eigenvalue weighted by molar-refractivity contribution is -0.139. The van der Waals surface area contributed by atoms with E-state index in [1.807, 2.05) is 6.92 Å². The predicted molar refractivity (Wildman–Crippen MR) is 120 cm³/mol. The molecule has 168 valence electrons. The average Bonchev–Trinajstić information content (AvgIpc) is 3.59. The van der Waals surface area contributed by atoms with Crippen LogP contribution in [0.2, 0.25) is 5.02 Å².